The Bertz CT molecular complexity index is 374. The van der Waals surface area contributed by atoms with Gasteiger partial charge in [0.1, 0.15) is 0 Å². The molecule has 0 bridgehead atoms. The first-order valence-corrected chi connectivity index (χ1v) is 7.35. The van der Waals surface area contributed by atoms with Gasteiger partial charge in [-0.05, 0) is 37.6 Å². The first-order valence-electron chi connectivity index (χ1n) is 6.59. The van der Waals surface area contributed by atoms with E-state index in [2.05, 4.69) is 5.32 Å². The molecule has 5 heteroatoms. The van der Waals surface area contributed by atoms with Crippen molar-refractivity contribution in [3.8, 4) is 0 Å². The number of halogens is 2. The van der Waals surface area contributed by atoms with E-state index in [1.807, 2.05) is 0 Å². The lowest BCUT2D eigenvalue weighted by Crippen LogP contribution is -2.22. The summed E-state index contributed by atoms with van der Waals surface area (Å²) in [6, 6.07) is 5.09. The van der Waals surface area contributed by atoms with Crippen LogP contribution in [0, 0.1) is 0 Å². The molecule has 0 aliphatic heterocycles. The van der Waals surface area contributed by atoms with E-state index in [0.29, 0.717) is 22.2 Å². The zero-order chi connectivity index (χ0) is 14.1. The third kappa shape index (κ3) is 6.59. The Morgan fingerprint density at radius 2 is 1.84 bits per heavy atom. The summed E-state index contributed by atoms with van der Waals surface area (Å²) in [5, 5.41) is 23.0. The Morgan fingerprint density at radius 1 is 1.11 bits per heavy atom. The molecule has 0 heterocycles. The number of aliphatic hydroxyl groups excluding tert-OH is 2. The predicted octanol–water partition coefficient (Wildman–Crippen LogP) is 3.17. The molecule has 3 N–H and O–H groups in total. The average Bonchev–Trinajstić information content (AvgIpc) is 2.40. The first kappa shape index (κ1) is 16.7. The van der Waals surface area contributed by atoms with Crippen molar-refractivity contribution >= 4 is 23.2 Å². The lowest BCUT2D eigenvalue weighted by Gasteiger charge is -2.14. The highest BCUT2D eigenvalue weighted by atomic mass is 35.5. The minimum absolute atomic E-state index is 0.263. The van der Waals surface area contributed by atoms with Crippen LogP contribution >= 0.6 is 23.2 Å². The molecule has 0 amide bonds. The highest BCUT2D eigenvalue weighted by Gasteiger charge is 2.11. The Hall–Kier alpha value is -0.320. The van der Waals surface area contributed by atoms with E-state index >= 15 is 0 Å². The Kier molecular flexibility index (Phi) is 8.42. The Morgan fingerprint density at radius 3 is 2.58 bits per heavy atom. The molecule has 108 valence electrons. The topological polar surface area (TPSA) is 52.5 Å². The summed E-state index contributed by atoms with van der Waals surface area (Å²) in [6.45, 7) is 1.57. The van der Waals surface area contributed by atoms with Gasteiger partial charge in [-0.2, -0.15) is 0 Å². The molecule has 0 saturated heterocycles. The maximum absolute atomic E-state index is 10.0. The van der Waals surface area contributed by atoms with Crippen LogP contribution in [0.1, 0.15) is 37.4 Å². The molecule has 0 radical (unpaired) electrons. The van der Waals surface area contributed by atoms with E-state index in [4.69, 9.17) is 28.3 Å². The van der Waals surface area contributed by atoms with E-state index in [0.717, 1.165) is 32.2 Å². The van der Waals surface area contributed by atoms with Gasteiger partial charge in [0.2, 0.25) is 0 Å². The molecular weight excluding hydrogens is 285 g/mol. The summed E-state index contributed by atoms with van der Waals surface area (Å²) in [6.07, 6.45) is 3.38. The number of aliphatic hydroxyl groups is 2. The van der Waals surface area contributed by atoms with Crippen LogP contribution in [0.3, 0.4) is 0 Å². The maximum atomic E-state index is 10.0. The largest absolute Gasteiger partial charge is 0.396 e. The first-order chi connectivity index (χ1) is 9.15. The second-order valence-corrected chi connectivity index (χ2v) is 5.37. The normalized spacial score (nSPS) is 12.6. The van der Waals surface area contributed by atoms with Crippen LogP contribution in [0.25, 0.3) is 0 Å². The summed E-state index contributed by atoms with van der Waals surface area (Å²) in [4.78, 5) is 0. The van der Waals surface area contributed by atoms with Crippen LogP contribution in [-0.4, -0.2) is 29.9 Å². The number of nitrogens with one attached hydrogen (secondary N) is 1. The second kappa shape index (κ2) is 9.56. The van der Waals surface area contributed by atoms with Crippen LogP contribution in [0.4, 0.5) is 0 Å². The number of benzene rings is 1. The van der Waals surface area contributed by atoms with E-state index < -0.39 is 6.10 Å². The van der Waals surface area contributed by atoms with Gasteiger partial charge < -0.3 is 15.5 Å². The second-order valence-electron chi connectivity index (χ2n) is 4.52. The summed E-state index contributed by atoms with van der Waals surface area (Å²) in [5.41, 5.74) is 0.655. The van der Waals surface area contributed by atoms with Crippen LogP contribution in [0.15, 0.2) is 18.2 Å². The fourth-order valence-electron chi connectivity index (χ4n) is 1.83. The third-order valence-electron chi connectivity index (χ3n) is 2.92. The van der Waals surface area contributed by atoms with Crippen molar-refractivity contribution in [3.05, 3.63) is 33.8 Å². The van der Waals surface area contributed by atoms with Crippen molar-refractivity contribution in [3.63, 3.8) is 0 Å². The monoisotopic (exact) mass is 305 g/mol. The highest BCUT2D eigenvalue weighted by molar-refractivity contribution is 6.33. The molecule has 0 saturated carbocycles. The summed E-state index contributed by atoms with van der Waals surface area (Å²) < 4.78 is 0. The molecule has 1 unspecified atom stereocenters. The van der Waals surface area contributed by atoms with E-state index in [1.54, 1.807) is 18.2 Å². The summed E-state index contributed by atoms with van der Waals surface area (Å²) >= 11 is 11.9. The molecule has 0 spiro atoms. The lowest BCUT2D eigenvalue weighted by molar-refractivity contribution is 0.175. The van der Waals surface area contributed by atoms with Gasteiger partial charge in [-0.3, -0.25) is 0 Å². The van der Waals surface area contributed by atoms with Crippen LogP contribution in [0.5, 0.6) is 0 Å². The summed E-state index contributed by atoms with van der Waals surface area (Å²) in [5.74, 6) is 0. The molecule has 3 nitrogen and oxygen atoms in total. The van der Waals surface area contributed by atoms with Crippen molar-refractivity contribution in [2.24, 2.45) is 0 Å². The number of hydrogen-bond donors (Lipinski definition) is 3. The smallest absolute Gasteiger partial charge is 0.0929 e. The van der Waals surface area contributed by atoms with E-state index in [9.17, 15) is 5.11 Å². The quantitative estimate of drug-likeness (QED) is 0.614. The van der Waals surface area contributed by atoms with Gasteiger partial charge in [-0.25, -0.2) is 0 Å². The Balaban J connectivity index is 2.23. The molecule has 1 aromatic carbocycles. The number of hydrogen-bond acceptors (Lipinski definition) is 3. The number of rotatable bonds is 9. The highest BCUT2D eigenvalue weighted by Crippen LogP contribution is 2.25. The van der Waals surface area contributed by atoms with Crippen molar-refractivity contribution in [1.82, 2.24) is 5.32 Å². The van der Waals surface area contributed by atoms with Gasteiger partial charge in [-0.1, -0.05) is 36.0 Å². The standard InChI is InChI=1S/C14H21Cl2NO2/c15-11-5-6-13(16)12(9-11)14(19)10-17-7-3-1-2-4-8-18/h5-6,9,14,17-19H,1-4,7-8,10H2. The Labute approximate surface area is 124 Å². The molecule has 0 fully saturated rings. The SMILES string of the molecule is OCCCCCCNCC(O)c1cc(Cl)ccc1Cl. The van der Waals surface area contributed by atoms with Crippen LogP contribution < -0.4 is 5.32 Å². The minimum Gasteiger partial charge on any atom is -0.396 e. The van der Waals surface area contributed by atoms with E-state index in [-0.39, 0.29) is 6.61 Å². The van der Waals surface area contributed by atoms with Gasteiger partial charge in [0.15, 0.2) is 0 Å². The van der Waals surface area contributed by atoms with Crippen LogP contribution in [-0.2, 0) is 0 Å². The van der Waals surface area contributed by atoms with Crippen molar-refractivity contribution in [2.45, 2.75) is 31.8 Å². The number of unbranched alkanes of at least 4 members (excludes halogenated alkanes) is 3. The van der Waals surface area contributed by atoms with Gasteiger partial charge >= 0.3 is 0 Å². The molecule has 1 rings (SSSR count). The molecule has 0 aliphatic carbocycles. The zero-order valence-electron chi connectivity index (χ0n) is 10.9. The molecule has 19 heavy (non-hydrogen) atoms. The summed E-state index contributed by atoms with van der Waals surface area (Å²) in [7, 11) is 0. The van der Waals surface area contributed by atoms with Crippen LogP contribution in [0.2, 0.25) is 10.0 Å². The fourth-order valence-corrected chi connectivity index (χ4v) is 2.26. The zero-order valence-corrected chi connectivity index (χ0v) is 12.4. The maximum Gasteiger partial charge on any atom is 0.0929 e. The third-order valence-corrected chi connectivity index (χ3v) is 3.50. The molecule has 1 aromatic rings. The van der Waals surface area contributed by atoms with E-state index in [1.165, 1.54) is 0 Å². The van der Waals surface area contributed by atoms with Gasteiger partial charge in [0.05, 0.1) is 6.10 Å². The molecular formula is C14H21Cl2NO2. The molecule has 1 atom stereocenters. The van der Waals surface area contributed by atoms with Gasteiger partial charge in [0.25, 0.3) is 0 Å². The fraction of sp³-hybridized carbons (Fsp3) is 0.571. The van der Waals surface area contributed by atoms with Gasteiger partial charge in [0, 0.05) is 28.8 Å². The molecule has 0 aliphatic rings. The average molecular weight is 306 g/mol. The molecule has 0 aromatic heterocycles. The van der Waals surface area contributed by atoms with Crippen molar-refractivity contribution in [1.29, 1.82) is 0 Å². The minimum atomic E-state index is -0.649. The van der Waals surface area contributed by atoms with Crippen molar-refractivity contribution < 1.29 is 10.2 Å². The van der Waals surface area contributed by atoms with Crippen molar-refractivity contribution in [2.75, 3.05) is 19.7 Å². The predicted molar refractivity (Wildman–Crippen MR) is 79.8 cm³/mol. The lowest BCUT2D eigenvalue weighted by atomic mass is 10.1. The van der Waals surface area contributed by atoms with Gasteiger partial charge in [-0.15, -0.1) is 0 Å².